The summed E-state index contributed by atoms with van der Waals surface area (Å²) in [5.41, 5.74) is 1.47. The van der Waals surface area contributed by atoms with Crippen LogP contribution >= 0.6 is 23.4 Å². The predicted molar refractivity (Wildman–Crippen MR) is 118 cm³/mol. The van der Waals surface area contributed by atoms with Gasteiger partial charge in [-0.2, -0.15) is 0 Å². The summed E-state index contributed by atoms with van der Waals surface area (Å²) in [4.78, 5) is 28.5. The SMILES string of the molecule is Cc1ccc(SC2=C(Nc3ccccc3F)C(=O)N(c3ccccc3Cl)C2=O)cc1. The Bertz CT molecular complexity index is 1180. The van der Waals surface area contributed by atoms with Crippen molar-refractivity contribution in [1.82, 2.24) is 0 Å². The zero-order chi connectivity index (χ0) is 21.3. The Morgan fingerprint density at radius 2 is 1.57 bits per heavy atom. The quantitative estimate of drug-likeness (QED) is 0.513. The number of carbonyl (C=O) groups is 2. The molecule has 1 aliphatic rings. The summed E-state index contributed by atoms with van der Waals surface area (Å²) < 4.78 is 14.2. The van der Waals surface area contributed by atoms with E-state index < -0.39 is 17.6 Å². The number of nitrogens with one attached hydrogen (secondary N) is 1. The molecule has 3 aromatic rings. The lowest BCUT2D eigenvalue weighted by atomic mass is 10.2. The number of imide groups is 1. The van der Waals surface area contributed by atoms with Gasteiger partial charge in [0.15, 0.2) is 0 Å². The highest BCUT2D eigenvalue weighted by atomic mass is 35.5. The molecule has 1 heterocycles. The van der Waals surface area contributed by atoms with Crippen LogP contribution in [0, 0.1) is 12.7 Å². The topological polar surface area (TPSA) is 49.4 Å². The summed E-state index contributed by atoms with van der Waals surface area (Å²) in [6.45, 7) is 1.96. The van der Waals surface area contributed by atoms with Crippen molar-refractivity contribution in [3.05, 3.63) is 99.8 Å². The van der Waals surface area contributed by atoms with Crippen LogP contribution in [-0.4, -0.2) is 11.8 Å². The van der Waals surface area contributed by atoms with Crippen molar-refractivity contribution in [2.45, 2.75) is 11.8 Å². The molecule has 3 aromatic carbocycles. The van der Waals surface area contributed by atoms with Crippen molar-refractivity contribution in [3.63, 3.8) is 0 Å². The molecule has 150 valence electrons. The third-order valence-corrected chi connectivity index (χ3v) is 5.92. The first kappa shape index (κ1) is 20.2. The number of anilines is 2. The van der Waals surface area contributed by atoms with Gasteiger partial charge in [-0.1, -0.05) is 65.3 Å². The summed E-state index contributed by atoms with van der Waals surface area (Å²) in [6, 6.07) is 20.1. The van der Waals surface area contributed by atoms with Gasteiger partial charge in [0.2, 0.25) is 0 Å². The average molecular weight is 439 g/mol. The molecule has 4 nitrogen and oxygen atoms in total. The maximum absolute atomic E-state index is 14.2. The number of amides is 2. The van der Waals surface area contributed by atoms with E-state index in [2.05, 4.69) is 5.32 Å². The number of rotatable bonds is 5. The van der Waals surface area contributed by atoms with Crippen LogP contribution in [0.15, 0.2) is 88.3 Å². The van der Waals surface area contributed by atoms with Gasteiger partial charge < -0.3 is 5.32 Å². The van der Waals surface area contributed by atoms with Gasteiger partial charge in [0, 0.05) is 4.90 Å². The summed E-state index contributed by atoms with van der Waals surface area (Å²) in [5, 5.41) is 3.09. The molecule has 0 unspecified atom stereocenters. The zero-order valence-electron chi connectivity index (χ0n) is 15.9. The van der Waals surface area contributed by atoms with Crippen molar-refractivity contribution in [3.8, 4) is 0 Å². The Morgan fingerprint density at radius 1 is 0.900 bits per heavy atom. The molecule has 0 bridgehead atoms. The Labute approximate surface area is 182 Å². The number of para-hydroxylation sites is 2. The van der Waals surface area contributed by atoms with E-state index in [0.29, 0.717) is 0 Å². The third kappa shape index (κ3) is 3.84. The number of nitrogens with zero attached hydrogens (tertiary/aromatic N) is 1. The first-order valence-electron chi connectivity index (χ1n) is 9.09. The maximum atomic E-state index is 14.2. The Morgan fingerprint density at radius 3 is 2.27 bits per heavy atom. The predicted octanol–water partition coefficient (Wildman–Crippen LogP) is 5.78. The van der Waals surface area contributed by atoms with Crippen molar-refractivity contribution in [2.75, 3.05) is 10.2 Å². The third-order valence-electron chi connectivity index (χ3n) is 4.51. The highest BCUT2D eigenvalue weighted by Crippen LogP contribution is 2.39. The van der Waals surface area contributed by atoms with Crippen molar-refractivity contribution in [2.24, 2.45) is 0 Å². The molecule has 4 rings (SSSR count). The van der Waals surface area contributed by atoms with E-state index in [4.69, 9.17) is 11.6 Å². The molecule has 0 aliphatic carbocycles. The van der Waals surface area contributed by atoms with Crippen LogP contribution < -0.4 is 10.2 Å². The molecule has 30 heavy (non-hydrogen) atoms. The van der Waals surface area contributed by atoms with E-state index in [-0.39, 0.29) is 27.0 Å². The van der Waals surface area contributed by atoms with Gasteiger partial charge in [0.25, 0.3) is 11.8 Å². The second-order valence-electron chi connectivity index (χ2n) is 6.62. The number of thioether (sulfide) groups is 1. The number of hydrogen-bond acceptors (Lipinski definition) is 4. The van der Waals surface area contributed by atoms with E-state index >= 15 is 0 Å². The van der Waals surface area contributed by atoms with Crippen LogP contribution in [0.2, 0.25) is 5.02 Å². The second-order valence-corrected chi connectivity index (χ2v) is 8.11. The van der Waals surface area contributed by atoms with Gasteiger partial charge in [-0.15, -0.1) is 0 Å². The van der Waals surface area contributed by atoms with E-state index in [1.807, 2.05) is 31.2 Å². The highest BCUT2D eigenvalue weighted by molar-refractivity contribution is 8.04. The van der Waals surface area contributed by atoms with Gasteiger partial charge in [0.1, 0.15) is 16.4 Å². The first-order chi connectivity index (χ1) is 14.5. The molecule has 0 spiro atoms. The minimum atomic E-state index is -0.592. The molecule has 2 amide bonds. The highest BCUT2D eigenvalue weighted by Gasteiger charge is 2.41. The Hall–Kier alpha value is -3.09. The van der Waals surface area contributed by atoms with Gasteiger partial charge >= 0.3 is 0 Å². The fourth-order valence-corrected chi connectivity index (χ4v) is 4.13. The molecule has 1 aliphatic heterocycles. The number of carbonyl (C=O) groups excluding carboxylic acids is 2. The van der Waals surface area contributed by atoms with Crippen LogP contribution in [0.3, 0.4) is 0 Å². The molecular weight excluding hydrogens is 423 g/mol. The van der Waals surface area contributed by atoms with Crippen molar-refractivity contribution < 1.29 is 14.0 Å². The van der Waals surface area contributed by atoms with E-state index in [1.54, 1.807) is 36.4 Å². The summed E-state index contributed by atoms with van der Waals surface area (Å²) in [6.07, 6.45) is 0. The lowest BCUT2D eigenvalue weighted by molar-refractivity contribution is -0.120. The first-order valence-corrected chi connectivity index (χ1v) is 10.3. The molecule has 0 fully saturated rings. The molecule has 1 N–H and O–H groups in total. The number of hydrogen-bond donors (Lipinski definition) is 1. The molecule has 0 saturated heterocycles. The monoisotopic (exact) mass is 438 g/mol. The second kappa shape index (κ2) is 8.34. The smallest absolute Gasteiger partial charge is 0.283 e. The normalized spacial score (nSPS) is 13.9. The zero-order valence-corrected chi connectivity index (χ0v) is 17.4. The maximum Gasteiger partial charge on any atom is 0.283 e. The average Bonchev–Trinajstić information content (AvgIpc) is 2.96. The molecule has 0 atom stereocenters. The molecule has 0 aromatic heterocycles. The number of benzene rings is 3. The number of aryl methyl sites for hydroxylation is 1. The molecule has 0 radical (unpaired) electrons. The van der Waals surface area contributed by atoms with Gasteiger partial charge in [-0.3, -0.25) is 9.59 Å². The summed E-state index contributed by atoms with van der Waals surface area (Å²) in [7, 11) is 0. The van der Waals surface area contributed by atoms with E-state index in [1.165, 1.54) is 12.1 Å². The van der Waals surface area contributed by atoms with Crippen LogP contribution in [0.5, 0.6) is 0 Å². The standard InChI is InChI=1S/C23H16ClFN2O2S/c1-14-10-12-15(13-11-14)30-21-20(26-18-8-4-3-7-17(18)25)22(28)27(23(21)29)19-9-5-2-6-16(19)24/h2-13,26H,1H3. The van der Waals surface area contributed by atoms with Crippen LogP contribution in [0.1, 0.15) is 5.56 Å². The lowest BCUT2D eigenvalue weighted by Gasteiger charge is -2.16. The summed E-state index contributed by atoms with van der Waals surface area (Å²) >= 11 is 7.39. The van der Waals surface area contributed by atoms with Gasteiger partial charge in [-0.25, -0.2) is 9.29 Å². The lowest BCUT2D eigenvalue weighted by Crippen LogP contribution is -2.32. The van der Waals surface area contributed by atoms with Gasteiger partial charge in [0.05, 0.1) is 16.4 Å². The van der Waals surface area contributed by atoms with Crippen LogP contribution in [0.4, 0.5) is 15.8 Å². The van der Waals surface area contributed by atoms with Crippen LogP contribution in [-0.2, 0) is 9.59 Å². The molecule has 0 saturated carbocycles. The molecule has 7 heteroatoms. The Kier molecular flexibility index (Phi) is 5.61. The summed E-state index contributed by atoms with van der Waals surface area (Å²) in [5.74, 6) is -1.63. The van der Waals surface area contributed by atoms with Crippen LogP contribution in [0.25, 0.3) is 0 Å². The Balaban J connectivity index is 1.78. The minimum absolute atomic E-state index is 0.00981. The fourth-order valence-electron chi connectivity index (χ4n) is 2.99. The number of halogens is 2. The van der Waals surface area contributed by atoms with E-state index in [9.17, 15) is 14.0 Å². The van der Waals surface area contributed by atoms with Crippen molar-refractivity contribution in [1.29, 1.82) is 0 Å². The van der Waals surface area contributed by atoms with E-state index in [0.717, 1.165) is 27.1 Å². The minimum Gasteiger partial charge on any atom is -0.348 e. The van der Waals surface area contributed by atoms with Crippen molar-refractivity contribution >= 4 is 46.6 Å². The molecular formula is C23H16ClFN2O2S. The fraction of sp³-hybridized carbons (Fsp3) is 0.0435. The largest absolute Gasteiger partial charge is 0.348 e. The van der Waals surface area contributed by atoms with Gasteiger partial charge in [-0.05, 0) is 43.3 Å².